The molecule has 0 aliphatic carbocycles. The summed E-state index contributed by atoms with van der Waals surface area (Å²) in [4.78, 5) is 16.9. The zero-order chi connectivity index (χ0) is 16.8. The Bertz CT molecular complexity index is 753. The smallest absolute Gasteiger partial charge is 0.279 e. The summed E-state index contributed by atoms with van der Waals surface area (Å²) in [6.45, 7) is 0. The summed E-state index contributed by atoms with van der Waals surface area (Å²) in [6.07, 6.45) is 1.61. The first kappa shape index (κ1) is 15.7. The van der Waals surface area contributed by atoms with Gasteiger partial charge in [-0.25, -0.2) is 4.98 Å². The van der Waals surface area contributed by atoms with Gasteiger partial charge in [0.1, 0.15) is 5.82 Å². The predicted molar refractivity (Wildman–Crippen MR) is 91.9 cm³/mol. The second-order valence-corrected chi connectivity index (χ2v) is 5.24. The lowest BCUT2D eigenvalue weighted by molar-refractivity contribution is -0.136. The Labute approximate surface area is 140 Å². The molecule has 1 heterocycles. The fourth-order valence-electron chi connectivity index (χ4n) is 2.44. The number of nitrogens with zero attached hydrogens (tertiary/aromatic N) is 1. The highest BCUT2D eigenvalue weighted by Gasteiger charge is 2.39. The fraction of sp³-hybridized carbons (Fsp3) is 0.0526. The van der Waals surface area contributed by atoms with Gasteiger partial charge >= 0.3 is 0 Å². The van der Waals surface area contributed by atoms with Gasteiger partial charge in [0.2, 0.25) is 0 Å². The number of amides is 1. The van der Waals surface area contributed by atoms with E-state index in [1.165, 1.54) is 0 Å². The Morgan fingerprint density at radius 2 is 1.38 bits per heavy atom. The SMILES string of the molecule is O=C(NNc1ccccn1)C(O)(c1ccccc1)c1ccccc1. The zero-order valence-corrected chi connectivity index (χ0v) is 12.9. The van der Waals surface area contributed by atoms with Gasteiger partial charge in [0.25, 0.3) is 5.91 Å². The highest BCUT2D eigenvalue weighted by molar-refractivity contribution is 5.90. The van der Waals surface area contributed by atoms with Crippen molar-refractivity contribution in [3.05, 3.63) is 96.2 Å². The first-order valence-electron chi connectivity index (χ1n) is 7.52. The molecule has 3 aromatic rings. The van der Waals surface area contributed by atoms with Crippen molar-refractivity contribution in [2.45, 2.75) is 5.60 Å². The van der Waals surface area contributed by atoms with Crippen LogP contribution in [-0.2, 0) is 10.4 Å². The van der Waals surface area contributed by atoms with Gasteiger partial charge in [-0.3, -0.25) is 15.6 Å². The van der Waals surface area contributed by atoms with Gasteiger partial charge in [0.15, 0.2) is 5.60 Å². The number of pyridine rings is 1. The van der Waals surface area contributed by atoms with Gasteiger partial charge in [-0.1, -0.05) is 66.7 Å². The predicted octanol–water partition coefficient (Wildman–Crippen LogP) is 2.46. The minimum atomic E-state index is -1.82. The summed E-state index contributed by atoms with van der Waals surface area (Å²) in [5, 5.41) is 11.2. The Balaban J connectivity index is 1.92. The van der Waals surface area contributed by atoms with Gasteiger partial charge < -0.3 is 5.11 Å². The van der Waals surface area contributed by atoms with Crippen LogP contribution in [0.4, 0.5) is 5.82 Å². The van der Waals surface area contributed by atoms with E-state index in [1.807, 2.05) is 12.1 Å². The lowest BCUT2D eigenvalue weighted by Crippen LogP contribution is -2.47. The van der Waals surface area contributed by atoms with E-state index in [0.29, 0.717) is 16.9 Å². The molecule has 0 saturated heterocycles. The molecule has 0 spiro atoms. The van der Waals surface area contributed by atoms with Gasteiger partial charge in [-0.15, -0.1) is 0 Å². The molecule has 24 heavy (non-hydrogen) atoms. The number of hydrogen-bond acceptors (Lipinski definition) is 4. The van der Waals surface area contributed by atoms with Crippen LogP contribution in [0.1, 0.15) is 11.1 Å². The highest BCUT2D eigenvalue weighted by atomic mass is 16.3. The molecule has 0 aliphatic rings. The molecule has 0 fully saturated rings. The first-order valence-corrected chi connectivity index (χ1v) is 7.52. The number of carbonyl (C=O) groups excluding carboxylic acids is 1. The van der Waals surface area contributed by atoms with Crippen molar-refractivity contribution in [2.75, 3.05) is 5.43 Å². The van der Waals surface area contributed by atoms with Crippen LogP contribution in [0, 0.1) is 0 Å². The monoisotopic (exact) mass is 319 g/mol. The van der Waals surface area contributed by atoms with E-state index in [2.05, 4.69) is 15.8 Å². The van der Waals surface area contributed by atoms with Crippen LogP contribution in [0.5, 0.6) is 0 Å². The molecule has 2 aromatic carbocycles. The number of carbonyl (C=O) groups is 1. The normalized spacial score (nSPS) is 10.9. The van der Waals surface area contributed by atoms with Crippen LogP contribution >= 0.6 is 0 Å². The van der Waals surface area contributed by atoms with Crippen molar-refractivity contribution in [2.24, 2.45) is 0 Å². The summed E-state index contributed by atoms with van der Waals surface area (Å²) < 4.78 is 0. The highest BCUT2D eigenvalue weighted by Crippen LogP contribution is 2.29. The van der Waals surface area contributed by atoms with Crippen LogP contribution < -0.4 is 10.9 Å². The maximum atomic E-state index is 12.8. The standard InChI is InChI=1S/C19H17N3O2/c23-18(22-21-17-13-7-8-14-20-17)19(24,15-9-3-1-4-10-15)16-11-5-2-6-12-16/h1-14,24H,(H,20,21)(H,22,23). The molecule has 3 N–H and O–H groups in total. The summed E-state index contributed by atoms with van der Waals surface area (Å²) in [7, 11) is 0. The molecule has 1 amide bonds. The number of aliphatic hydroxyl groups is 1. The van der Waals surface area contributed by atoms with E-state index in [0.717, 1.165) is 0 Å². The number of aromatic nitrogens is 1. The maximum absolute atomic E-state index is 12.8. The molecule has 120 valence electrons. The molecule has 1 aromatic heterocycles. The first-order chi connectivity index (χ1) is 11.7. The van der Waals surface area contributed by atoms with Crippen molar-refractivity contribution in [1.29, 1.82) is 0 Å². The number of nitrogens with one attached hydrogen (secondary N) is 2. The molecule has 5 nitrogen and oxygen atoms in total. The molecule has 3 rings (SSSR count). The second kappa shape index (κ2) is 6.93. The quantitative estimate of drug-likeness (QED) is 0.632. The summed E-state index contributed by atoms with van der Waals surface area (Å²) in [5.41, 5.74) is 4.40. The largest absolute Gasteiger partial charge is 0.372 e. The lowest BCUT2D eigenvalue weighted by Gasteiger charge is -2.28. The van der Waals surface area contributed by atoms with E-state index in [-0.39, 0.29) is 0 Å². The minimum absolute atomic E-state index is 0.481. The summed E-state index contributed by atoms with van der Waals surface area (Å²) >= 11 is 0. The number of anilines is 1. The molecular weight excluding hydrogens is 302 g/mol. The van der Waals surface area contributed by atoms with E-state index in [9.17, 15) is 9.90 Å². The van der Waals surface area contributed by atoms with Crippen molar-refractivity contribution in [3.8, 4) is 0 Å². The number of hydrazine groups is 1. The van der Waals surface area contributed by atoms with Crippen LogP contribution in [0.3, 0.4) is 0 Å². The zero-order valence-electron chi connectivity index (χ0n) is 12.9. The molecule has 0 radical (unpaired) electrons. The fourth-order valence-corrected chi connectivity index (χ4v) is 2.44. The van der Waals surface area contributed by atoms with Crippen molar-refractivity contribution < 1.29 is 9.90 Å². The Kier molecular flexibility index (Phi) is 4.54. The summed E-state index contributed by atoms with van der Waals surface area (Å²) in [5.74, 6) is -0.111. The van der Waals surface area contributed by atoms with E-state index >= 15 is 0 Å². The topological polar surface area (TPSA) is 74.2 Å². The second-order valence-electron chi connectivity index (χ2n) is 5.24. The third-order valence-electron chi connectivity index (χ3n) is 3.68. The van der Waals surface area contributed by atoms with Gasteiger partial charge in [-0.2, -0.15) is 0 Å². The Hall–Kier alpha value is -3.18. The maximum Gasteiger partial charge on any atom is 0.279 e. The molecule has 0 saturated carbocycles. The third kappa shape index (κ3) is 3.11. The number of benzene rings is 2. The average molecular weight is 319 g/mol. The Morgan fingerprint density at radius 1 is 0.833 bits per heavy atom. The van der Waals surface area contributed by atoms with Gasteiger partial charge in [0.05, 0.1) is 0 Å². The van der Waals surface area contributed by atoms with Crippen LogP contribution in [-0.4, -0.2) is 16.0 Å². The number of hydrogen-bond donors (Lipinski definition) is 3. The van der Waals surface area contributed by atoms with Crippen molar-refractivity contribution in [1.82, 2.24) is 10.4 Å². The molecule has 0 bridgehead atoms. The lowest BCUT2D eigenvalue weighted by atomic mass is 9.85. The van der Waals surface area contributed by atoms with Gasteiger partial charge in [-0.05, 0) is 23.3 Å². The average Bonchev–Trinajstić information content (AvgIpc) is 2.67. The summed E-state index contributed by atoms with van der Waals surface area (Å²) in [6, 6.07) is 22.9. The van der Waals surface area contributed by atoms with Crippen molar-refractivity contribution >= 4 is 11.7 Å². The third-order valence-corrected chi connectivity index (χ3v) is 3.68. The molecule has 0 aliphatic heterocycles. The van der Waals surface area contributed by atoms with Crippen LogP contribution in [0.15, 0.2) is 85.1 Å². The Morgan fingerprint density at radius 3 is 1.88 bits per heavy atom. The van der Waals surface area contributed by atoms with E-state index in [1.54, 1.807) is 72.9 Å². The minimum Gasteiger partial charge on any atom is -0.372 e. The van der Waals surface area contributed by atoms with Crippen molar-refractivity contribution in [3.63, 3.8) is 0 Å². The molecule has 5 heteroatoms. The molecule has 0 unspecified atom stereocenters. The van der Waals surface area contributed by atoms with E-state index < -0.39 is 11.5 Å². The number of rotatable bonds is 5. The molecular formula is C19H17N3O2. The van der Waals surface area contributed by atoms with Crippen LogP contribution in [0.2, 0.25) is 0 Å². The van der Waals surface area contributed by atoms with E-state index in [4.69, 9.17) is 0 Å². The van der Waals surface area contributed by atoms with Crippen LogP contribution in [0.25, 0.3) is 0 Å². The van der Waals surface area contributed by atoms with Gasteiger partial charge in [0, 0.05) is 6.20 Å². The molecule has 0 atom stereocenters.